The molecule has 0 saturated carbocycles. The van der Waals surface area contributed by atoms with Gasteiger partial charge in [0.1, 0.15) is 0 Å². The average Bonchev–Trinajstić information content (AvgIpc) is 2.33. The van der Waals surface area contributed by atoms with Gasteiger partial charge >= 0.3 is 0 Å². The molecule has 3 heteroatoms. The smallest absolute Gasteiger partial charge is 0.192 e. The molecule has 0 bridgehead atoms. The second-order valence-electron chi connectivity index (χ2n) is 4.85. The third kappa shape index (κ3) is 2.51. The highest BCUT2D eigenvalue weighted by Crippen LogP contribution is 2.31. The van der Waals surface area contributed by atoms with Gasteiger partial charge in [0, 0.05) is 5.56 Å². The fraction of sp³-hybridized carbons (Fsp3) is 0.571. The van der Waals surface area contributed by atoms with Crippen LogP contribution < -0.4 is 5.32 Å². The van der Waals surface area contributed by atoms with Crippen LogP contribution in [-0.2, 0) is 15.3 Å². The molecule has 17 heavy (non-hydrogen) atoms. The van der Waals surface area contributed by atoms with Crippen molar-refractivity contribution in [3.05, 3.63) is 34.9 Å². The van der Waals surface area contributed by atoms with E-state index in [1.165, 1.54) is 11.1 Å². The molecule has 3 nitrogen and oxygen atoms in total. The van der Waals surface area contributed by atoms with Crippen LogP contribution >= 0.6 is 0 Å². The van der Waals surface area contributed by atoms with Crippen molar-refractivity contribution >= 4 is 0 Å². The zero-order valence-corrected chi connectivity index (χ0v) is 11.0. The molecular formula is C14H21NO2. The van der Waals surface area contributed by atoms with E-state index in [1.54, 1.807) is 0 Å². The number of nitrogens with one attached hydrogen (secondary N) is 1. The molecule has 94 valence electrons. The van der Waals surface area contributed by atoms with E-state index < -0.39 is 5.79 Å². The van der Waals surface area contributed by atoms with Crippen LogP contribution in [0.3, 0.4) is 0 Å². The predicted octanol–water partition coefficient (Wildman–Crippen LogP) is 2.11. The fourth-order valence-corrected chi connectivity index (χ4v) is 1.97. The molecule has 1 heterocycles. The average molecular weight is 235 g/mol. The normalized spacial score (nSPS) is 29.3. The van der Waals surface area contributed by atoms with Crippen molar-refractivity contribution in [2.45, 2.75) is 32.6 Å². The van der Waals surface area contributed by atoms with Gasteiger partial charge in [-0.05, 0) is 38.9 Å². The number of aryl methyl sites for hydroxylation is 2. The summed E-state index contributed by atoms with van der Waals surface area (Å²) >= 11 is 0. The number of hydrogen-bond acceptors (Lipinski definition) is 3. The van der Waals surface area contributed by atoms with Crippen LogP contribution in [-0.4, -0.2) is 26.3 Å². The molecule has 1 fully saturated rings. The molecule has 1 aliphatic rings. The third-order valence-electron chi connectivity index (χ3n) is 3.56. The highest BCUT2D eigenvalue weighted by molar-refractivity contribution is 5.32. The molecule has 0 radical (unpaired) electrons. The van der Waals surface area contributed by atoms with E-state index in [0.717, 1.165) is 5.56 Å². The largest absolute Gasteiger partial charge is 0.344 e. The Bertz CT molecular complexity index is 395. The standard InChI is InChI=1S/C14H21NO2/c1-10-5-6-12(7-11(10)2)14(3)16-8-13(15-4)9-17-14/h5-7,13,15H,8-9H2,1-4H3. The Labute approximate surface area is 103 Å². The quantitative estimate of drug-likeness (QED) is 0.851. The zero-order valence-electron chi connectivity index (χ0n) is 11.0. The molecule has 2 rings (SSSR count). The van der Waals surface area contributed by atoms with E-state index in [4.69, 9.17) is 9.47 Å². The van der Waals surface area contributed by atoms with E-state index in [0.29, 0.717) is 13.2 Å². The molecule has 1 aromatic carbocycles. The highest BCUT2D eigenvalue weighted by Gasteiger charge is 2.34. The van der Waals surface area contributed by atoms with Gasteiger partial charge in [0.15, 0.2) is 5.79 Å². The monoisotopic (exact) mass is 235 g/mol. The molecule has 0 aliphatic carbocycles. The second-order valence-corrected chi connectivity index (χ2v) is 4.85. The zero-order chi connectivity index (χ0) is 12.5. The van der Waals surface area contributed by atoms with Crippen LogP contribution in [0.5, 0.6) is 0 Å². The van der Waals surface area contributed by atoms with E-state index >= 15 is 0 Å². The molecule has 1 N–H and O–H groups in total. The van der Waals surface area contributed by atoms with Crippen molar-refractivity contribution in [1.82, 2.24) is 5.32 Å². The fourth-order valence-electron chi connectivity index (χ4n) is 1.97. The van der Waals surface area contributed by atoms with Gasteiger partial charge in [-0.2, -0.15) is 0 Å². The van der Waals surface area contributed by atoms with Crippen molar-refractivity contribution in [2.24, 2.45) is 0 Å². The molecule has 1 aliphatic heterocycles. The van der Waals surface area contributed by atoms with Crippen LogP contribution in [0.25, 0.3) is 0 Å². The number of ether oxygens (including phenoxy) is 2. The lowest BCUT2D eigenvalue weighted by Gasteiger charge is -2.38. The van der Waals surface area contributed by atoms with Crippen molar-refractivity contribution in [3.8, 4) is 0 Å². The third-order valence-corrected chi connectivity index (χ3v) is 3.56. The van der Waals surface area contributed by atoms with Gasteiger partial charge < -0.3 is 14.8 Å². The molecule has 0 aromatic heterocycles. The maximum atomic E-state index is 5.87. The molecule has 0 unspecified atom stereocenters. The van der Waals surface area contributed by atoms with Crippen LogP contribution in [0, 0.1) is 13.8 Å². The SMILES string of the molecule is CNC1COC(C)(c2ccc(C)c(C)c2)OC1. The molecular weight excluding hydrogens is 214 g/mol. The number of hydrogen-bond donors (Lipinski definition) is 1. The van der Waals surface area contributed by atoms with E-state index in [1.807, 2.05) is 14.0 Å². The van der Waals surface area contributed by atoms with E-state index in [2.05, 4.69) is 37.4 Å². The summed E-state index contributed by atoms with van der Waals surface area (Å²) in [7, 11) is 1.93. The van der Waals surface area contributed by atoms with Crippen LogP contribution in [0.4, 0.5) is 0 Å². The molecule has 1 aromatic rings. The summed E-state index contributed by atoms with van der Waals surface area (Å²) in [6, 6.07) is 6.64. The summed E-state index contributed by atoms with van der Waals surface area (Å²) in [5, 5.41) is 3.16. The van der Waals surface area contributed by atoms with Crippen LogP contribution in [0.1, 0.15) is 23.6 Å². The van der Waals surface area contributed by atoms with Crippen molar-refractivity contribution in [1.29, 1.82) is 0 Å². The topological polar surface area (TPSA) is 30.5 Å². The Kier molecular flexibility index (Phi) is 3.52. The van der Waals surface area contributed by atoms with Gasteiger partial charge in [0.2, 0.25) is 0 Å². The first-order valence-electron chi connectivity index (χ1n) is 6.08. The summed E-state index contributed by atoms with van der Waals surface area (Å²) in [6.45, 7) is 7.57. The van der Waals surface area contributed by atoms with E-state index in [-0.39, 0.29) is 6.04 Å². The lowest BCUT2D eigenvalue weighted by molar-refractivity contribution is -0.272. The molecule has 0 atom stereocenters. The van der Waals surface area contributed by atoms with Gasteiger partial charge in [-0.25, -0.2) is 0 Å². The van der Waals surface area contributed by atoms with Crippen molar-refractivity contribution < 1.29 is 9.47 Å². The predicted molar refractivity (Wildman–Crippen MR) is 68.0 cm³/mol. The first-order chi connectivity index (χ1) is 8.05. The Morgan fingerprint density at radius 2 is 1.82 bits per heavy atom. The Balaban J connectivity index is 2.18. The van der Waals surface area contributed by atoms with E-state index in [9.17, 15) is 0 Å². The molecule has 0 amide bonds. The number of rotatable bonds is 2. The molecule has 1 saturated heterocycles. The summed E-state index contributed by atoms with van der Waals surface area (Å²) < 4.78 is 11.7. The minimum atomic E-state index is -0.605. The lowest BCUT2D eigenvalue weighted by atomic mass is 10.0. The lowest BCUT2D eigenvalue weighted by Crippen LogP contribution is -2.47. The Morgan fingerprint density at radius 1 is 1.18 bits per heavy atom. The maximum Gasteiger partial charge on any atom is 0.192 e. The number of likely N-dealkylation sites (N-methyl/N-ethyl adjacent to an activating group) is 1. The Morgan fingerprint density at radius 3 is 2.35 bits per heavy atom. The minimum Gasteiger partial charge on any atom is -0.344 e. The molecule has 0 spiro atoms. The number of benzene rings is 1. The summed E-state index contributed by atoms with van der Waals surface area (Å²) in [5.41, 5.74) is 3.66. The van der Waals surface area contributed by atoms with Gasteiger partial charge in [0.25, 0.3) is 0 Å². The summed E-state index contributed by atoms with van der Waals surface area (Å²) in [6.07, 6.45) is 0. The first kappa shape index (κ1) is 12.6. The highest BCUT2D eigenvalue weighted by atomic mass is 16.7. The van der Waals surface area contributed by atoms with Gasteiger partial charge in [-0.15, -0.1) is 0 Å². The van der Waals surface area contributed by atoms with Gasteiger partial charge in [-0.1, -0.05) is 18.2 Å². The Hall–Kier alpha value is -0.900. The summed E-state index contributed by atoms with van der Waals surface area (Å²) in [5.74, 6) is -0.605. The van der Waals surface area contributed by atoms with Crippen LogP contribution in [0.15, 0.2) is 18.2 Å². The van der Waals surface area contributed by atoms with Crippen LogP contribution in [0.2, 0.25) is 0 Å². The first-order valence-corrected chi connectivity index (χ1v) is 6.08. The van der Waals surface area contributed by atoms with Gasteiger partial charge in [-0.3, -0.25) is 0 Å². The minimum absolute atomic E-state index is 0.287. The van der Waals surface area contributed by atoms with Gasteiger partial charge in [0.05, 0.1) is 19.3 Å². The second kappa shape index (κ2) is 4.77. The maximum absolute atomic E-state index is 5.87. The van der Waals surface area contributed by atoms with Crippen molar-refractivity contribution in [3.63, 3.8) is 0 Å². The summed E-state index contributed by atoms with van der Waals surface area (Å²) in [4.78, 5) is 0. The van der Waals surface area contributed by atoms with Crippen molar-refractivity contribution in [2.75, 3.05) is 20.3 Å².